The van der Waals surface area contributed by atoms with Crippen molar-refractivity contribution < 1.29 is 46.6 Å². The topological polar surface area (TPSA) is 108 Å². The van der Waals surface area contributed by atoms with Crippen LogP contribution in [0.5, 0.6) is 0 Å². The number of hydrogen-bond acceptors (Lipinski definition) is 7. The molecule has 4 rings (SSSR count). The molecule has 0 aliphatic carbocycles. The molecule has 0 heterocycles. The van der Waals surface area contributed by atoms with Crippen LogP contribution in [0.3, 0.4) is 0 Å². The third-order valence-electron chi connectivity index (χ3n) is 7.30. The van der Waals surface area contributed by atoms with Crippen molar-refractivity contribution in [2.24, 2.45) is 0 Å². The minimum absolute atomic E-state index is 0.0239. The lowest BCUT2D eigenvalue weighted by Crippen LogP contribution is -2.47. The third-order valence-corrected chi connectivity index (χ3v) is 7.30. The van der Waals surface area contributed by atoms with Crippen LogP contribution in [0.15, 0.2) is 103 Å². The van der Waals surface area contributed by atoms with Gasteiger partial charge in [0.05, 0.1) is 30.9 Å². The van der Waals surface area contributed by atoms with E-state index in [1.807, 2.05) is 0 Å². The zero-order chi connectivity index (χ0) is 34.0. The molecule has 11 heteroatoms. The first kappa shape index (κ1) is 34.4. The Kier molecular flexibility index (Phi) is 11.1. The average molecular weight is 648 g/mol. The Morgan fingerprint density at radius 1 is 0.660 bits per heavy atom. The van der Waals surface area contributed by atoms with Gasteiger partial charge >= 0.3 is 24.1 Å². The molecule has 0 saturated heterocycles. The normalized spacial score (nSPS) is 11.3. The van der Waals surface area contributed by atoms with Crippen molar-refractivity contribution in [2.45, 2.75) is 31.9 Å². The van der Waals surface area contributed by atoms with Gasteiger partial charge in [-0.3, -0.25) is 14.4 Å². The molecule has 0 aliphatic heterocycles. The molecule has 0 atom stereocenters. The van der Waals surface area contributed by atoms with Crippen molar-refractivity contribution in [3.8, 4) is 11.1 Å². The van der Waals surface area contributed by atoms with Gasteiger partial charge in [0.25, 0.3) is 5.91 Å². The smallest absolute Gasteiger partial charge is 0.416 e. The van der Waals surface area contributed by atoms with Crippen molar-refractivity contribution in [1.82, 2.24) is 0 Å². The van der Waals surface area contributed by atoms with Crippen LogP contribution < -0.4 is 5.32 Å². The number of rotatable bonds is 12. The summed E-state index contributed by atoms with van der Waals surface area (Å²) in [5.41, 5.74) is -0.699. The molecule has 0 saturated carbocycles. The summed E-state index contributed by atoms with van der Waals surface area (Å²) in [5, 5.41) is 2.73. The zero-order valence-electron chi connectivity index (χ0n) is 25.6. The van der Waals surface area contributed by atoms with Crippen molar-refractivity contribution in [1.29, 1.82) is 0 Å². The van der Waals surface area contributed by atoms with Crippen LogP contribution in [0.1, 0.15) is 52.1 Å². The van der Waals surface area contributed by atoms with Gasteiger partial charge in [0.1, 0.15) is 0 Å². The Morgan fingerprint density at radius 2 is 1.23 bits per heavy atom. The summed E-state index contributed by atoms with van der Waals surface area (Å²) in [7, 11) is 0. The SMILES string of the molecule is CCOC(=O)C(CCOC(=O)c1ccc(NC(=O)c2ccccc2-c2ccc(C(F)(F)F)cc2)cc1)(C(=O)OCC)c1ccccc1. The molecule has 4 aromatic rings. The number of amides is 1. The van der Waals surface area contributed by atoms with Crippen LogP contribution in [0, 0.1) is 0 Å². The summed E-state index contributed by atoms with van der Waals surface area (Å²) in [6.07, 6.45) is -4.71. The van der Waals surface area contributed by atoms with Gasteiger partial charge in [-0.05, 0) is 73.0 Å². The Bertz CT molecular complexity index is 1690. The second kappa shape index (κ2) is 15.2. The average Bonchev–Trinajstić information content (AvgIpc) is 3.07. The maximum absolute atomic E-state index is 13.2. The molecule has 8 nitrogen and oxygen atoms in total. The Balaban J connectivity index is 1.45. The Labute approximate surface area is 269 Å². The molecule has 0 bridgehead atoms. The molecule has 1 N–H and O–H groups in total. The van der Waals surface area contributed by atoms with E-state index in [1.165, 1.54) is 36.4 Å². The van der Waals surface area contributed by atoms with Crippen LogP contribution in [0.2, 0.25) is 0 Å². The maximum atomic E-state index is 13.2. The first-order chi connectivity index (χ1) is 22.5. The number of nitrogens with one attached hydrogen (secondary N) is 1. The summed E-state index contributed by atoms with van der Waals surface area (Å²) < 4.78 is 54.9. The van der Waals surface area contributed by atoms with Crippen molar-refractivity contribution in [3.05, 3.63) is 125 Å². The number of carbonyl (C=O) groups excluding carboxylic acids is 4. The number of esters is 3. The van der Waals surface area contributed by atoms with Gasteiger partial charge in [-0.15, -0.1) is 0 Å². The largest absolute Gasteiger partial charge is 0.465 e. The van der Waals surface area contributed by atoms with Gasteiger partial charge in [0.2, 0.25) is 0 Å². The number of ether oxygens (including phenoxy) is 3. The molecule has 244 valence electrons. The summed E-state index contributed by atoms with van der Waals surface area (Å²) in [5.74, 6) is -2.88. The summed E-state index contributed by atoms with van der Waals surface area (Å²) in [4.78, 5) is 52.4. The van der Waals surface area contributed by atoms with E-state index in [9.17, 15) is 32.3 Å². The highest BCUT2D eigenvalue weighted by Crippen LogP contribution is 2.33. The van der Waals surface area contributed by atoms with Crippen molar-refractivity contribution in [3.63, 3.8) is 0 Å². The van der Waals surface area contributed by atoms with Crippen LogP contribution in [-0.4, -0.2) is 43.6 Å². The Hall–Kier alpha value is -5.45. The standard InChI is InChI=1S/C36H32F3NO7/c1-3-45-33(43)35(34(44)46-4-2,26-10-6-5-7-11-26)22-23-47-32(42)25-16-20-28(21-17-25)40-31(41)30-13-9-8-12-29(30)24-14-18-27(19-15-24)36(37,38)39/h5-21H,3-4,22-23H2,1-2H3,(H,40,41). The second-order valence-electron chi connectivity index (χ2n) is 10.3. The summed E-state index contributed by atoms with van der Waals surface area (Å²) in [6, 6.07) is 25.1. The predicted octanol–water partition coefficient (Wildman–Crippen LogP) is 7.24. The lowest BCUT2D eigenvalue weighted by molar-refractivity contribution is -0.166. The molecular weight excluding hydrogens is 615 g/mol. The molecule has 0 spiro atoms. The van der Waals surface area contributed by atoms with Gasteiger partial charge in [-0.2, -0.15) is 13.2 Å². The molecule has 0 unspecified atom stereocenters. The van der Waals surface area contributed by atoms with E-state index in [0.29, 0.717) is 22.4 Å². The molecule has 0 aromatic heterocycles. The van der Waals surface area contributed by atoms with Crippen molar-refractivity contribution in [2.75, 3.05) is 25.1 Å². The van der Waals surface area contributed by atoms with E-state index in [2.05, 4.69) is 5.32 Å². The molecule has 0 aliphatic rings. The van der Waals surface area contributed by atoms with Gasteiger partial charge < -0.3 is 19.5 Å². The lowest BCUT2D eigenvalue weighted by Gasteiger charge is -2.29. The zero-order valence-corrected chi connectivity index (χ0v) is 25.6. The highest BCUT2D eigenvalue weighted by molar-refractivity contribution is 6.09. The van der Waals surface area contributed by atoms with Crippen LogP contribution in [-0.2, 0) is 35.4 Å². The molecule has 0 fully saturated rings. The van der Waals surface area contributed by atoms with Crippen LogP contribution in [0.25, 0.3) is 11.1 Å². The molecule has 0 radical (unpaired) electrons. The fraction of sp³-hybridized carbons (Fsp3) is 0.222. The quantitative estimate of drug-likeness (QED) is 0.0982. The minimum atomic E-state index is -4.48. The van der Waals surface area contributed by atoms with Gasteiger partial charge in [0, 0.05) is 17.7 Å². The minimum Gasteiger partial charge on any atom is -0.465 e. The van der Waals surface area contributed by atoms with Crippen molar-refractivity contribution >= 4 is 29.5 Å². The number of benzene rings is 4. The number of carbonyl (C=O) groups is 4. The molecular formula is C36H32F3NO7. The van der Waals surface area contributed by atoms with Crippen LogP contribution >= 0.6 is 0 Å². The van der Waals surface area contributed by atoms with E-state index < -0.39 is 41.0 Å². The number of hydrogen-bond donors (Lipinski definition) is 1. The fourth-order valence-electron chi connectivity index (χ4n) is 4.94. The maximum Gasteiger partial charge on any atom is 0.416 e. The monoisotopic (exact) mass is 647 g/mol. The van der Waals surface area contributed by atoms with E-state index >= 15 is 0 Å². The first-order valence-electron chi connectivity index (χ1n) is 14.8. The predicted molar refractivity (Wildman–Crippen MR) is 168 cm³/mol. The highest BCUT2D eigenvalue weighted by Gasteiger charge is 2.50. The second-order valence-corrected chi connectivity index (χ2v) is 10.3. The lowest BCUT2D eigenvalue weighted by atomic mass is 9.77. The van der Waals surface area contributed by atoms with Gasteiger partial charge in [-0.25, -0.2) is 4.79 Å². The summed E-state index contributed by atoms with van der Waals surface area (Å²) in [6.45, 7) is 2.96. The third kappa shape index (κ3) is 8.04. The number of anilines is 1. The van der Waals surface area contributed by atoms with Gasteiger partial charge in [0.15, 0.2) is 5.41 Å². The van der Waals surface area contributed by atoms with E-state index in [4.69, 9.17) is 14.2 Å². The summed E-state index contributed by atoms with van der Waals surface area (Å²) >= 11 is 0. The molecule has 4 aromatic carbocycles. The van der Waals surface area contributed by atoms with E-state index in [-0.39, 0.29) is 37.4 Å². The van der Waals surface area contributed by atoms with Crippen LogP contribution in [0.4, 0.5) is 18.9 Å². The van der Waals surface area contributed by atoms with E-state index in [1.54, 1.807) is 68.4 Å². The Morgan fingerprint density at radius 3 is 1.81 bits per heavy atom. The van der Waals surface area contributed by atoms with E-state index in [0.717, 1.165) is 12.1 Å². The highest BCUT2D eigenvalue weighted by atomic mass is 19.4. The number of alkyl halides is 3. The first-order valence-corrected chi connectivity index (χ1v) is 14.8. The molecule has 1 amide bonds. The molecule has 47 heavy (non-hydrogen) atoms. The number of halogens is 3. The van der Waals surface area contributed by atoms with Gasteiger partial charge in [-0.1, -0.05) is 60.7 Å². The fourth-order valence-corrected chi connectivity index (χ4v) is 4.94.